The van der Waals surface area contributed by atoms with Crippen LogP contribution in [-0.4, -0.2) is 16.9 Å². The Morgan fingerprint density at radius 1 is 0.967 bits per heavy atom. The molecular formula is C23H23ClN4O2. The average Bonchev–Trinajstić information content (AvgIpc) is 3.33. The van der Waals surface area contributed by atoms with Crippen LogP contribution in [0.1, 0.15) is 32.7 Å². The topological polar surface area (TPSA) is 89.3 Å². The first kappa shape index (κ1) is 20.2. The highest BCUT2D eigenvalue weighted by Crippen LogP contribution is 2.26. The number of carbonyl (C=O) groups excluding carboxylic acids is 1. The number of nitrogens with one attached hydrogen (secondary N) is 2. The molecule has 6 nitrogen and oxygen atoms in total. The molecule has 1 aliphatic heterocycles. The van der Waals surface area contributed by atoms with Crippen LogP contribution in [-0.2, 0) is 30.8 Å². The van der Waals surface area contributed by atoms with Crippen LogP contribution >= 0.6 is 12.4 Å². The summed E-state index contributed by atoms with van der Waals surface area (Å²) in [6.45, 7) is 1.27. The Labute approximate surface area is 181 Å². The average molecular weight is 423 g/mol. The van der Waals surface area contributed by atoms with E-state index < -0.39 is 0 Å². The van der Waals surface area contributed by atoms with Crippen molar-refractivity contribution in [3.63, 3.8) is 0 Å². The van der Waals surface area contributed by atoms with E-state index in [9.17, 15) is 4.79 Å². The van der Waals surface area contributed by atoms with Gasteiger partial charge in [0.05, 0.1) is 13.2 Å². The van der Waals surface area contributed by atoms with Gasteiger partial charge in [-0.05, 0) is 53.3 Å². The number of aromatic nitrogens is 1. The summed E-state index contributed by atoms with van der Waals surface area (Å²) in [7, 11) is 0. The Hall–Kier alpha value is -3.09. The SMILES string of the molecule is Cl.Nc1cc(Nc2ccc3c(c2)COC3)nc(C(=O)NC2Cc3ccccc3C2)c1. The molecule has 0 atom stereocenters. The normalized spacial score (nSPS) is 14.5. The van der Waals surface area contributed by atoms with Crippen LogP contribution < -0.4 is 16.4 Å². The monoisotopic (exact) mass is 422 g/mol. The molecular weight excluding hydrogens is 400 g/mol. The first-order chi connectivity index (χ1) is 14.1. The molecule has 0 fully saturated rings. The third-order valence-electron chi connectivity index (χ3n) is 5.46. The van der Waals surface area contributed by atoms with Gasteiger partial charge in [-0.3, -0.25) is 4.79 Å². The number of nitrogens with two attached hydrogens (primary N) is 1. The van der Waals surface area contributed by atoms with Gasteiger partial charge in [-0.25, -0.2) is 4.98 Å². The van der Waals surface area contributed by atoms with Gasteiger partial charge in [-0.2, -0.15) is 0 Å². The molecule has 7 heteroatoms. The fourth-order valence-electron chi connectivity index (χ4n) is 4.05. The number of benzene rings is 2. The highest BCUT2D eigenvalue weighted by Gasteiger charge is 2.23. The second kappa shape index (κ2) is 8.34. The number of carbonyl (C=O) groups is 1. The molecule has 0 radical (unpaired) electrons. The van der Waals surface area contributed by atoms with E-state index in [1.807, 2.05) is 30.3 Å². The zero-order chi connectivity index (χ0) is 19.8. The van der Waals surface area contributed by atoms with Crippen LogP contribution in [0.15, 0.2) is 54.6 Å². The zero-order valence-corrected chi connectivity index (χ0v) is 17.2. The maximum absolute atomic E-state index is 12.8. The molecule has 4 N–H and O–H groups in total. The smallest absolute Gasteiger partial charge is 0.270 e. The Morgan fingerprint density at radius 2 is 1.70 bits per heavy atom. The Kier molecular flexibility index (Phi) is 5.61. The number of nitrogens with zero attached hydrogens (tertiary/aromatic N) is 1. The van der Waals surface area contributed by atoms with E-state index in [2.05, 4.69) is 27.8 Å². The summed E-state index contributed by atoms with van der Waals surface area (Å²) >= 11 is 0. The van der Waals surface area contributed by atoms with E-state index in [1.54, 1.807) is 12.1 Å². The molecule has 2 aromatic carbocycles. The number of halogens is 1. The highest BCUT2D eigenvalue weighted by atomic mass is 35.5. The van der Waals surface area contributed by atoms with E-state index in [-0.39, 0.29) is 24.4 Å². The third-order valence-corrected chi connectivity index (χ3v) is 5.46. The lowest BCUT2D eigenvalue weighted by molar-refractivity contribution is 0.0933. The van der Waals surface area contributed by atoms with Gasteiger partial charge in [0.25, 0.3) is 5.91 Å². The van der Waals surface area contributed by atoms with Gasteiger partial charge in [0.2, 0.25) is 0 Å². The van der Waals surface area contributed by atoms with Crippen molar-refractivity contribution in [2.24, 2.45) is 0 Å². The highest BCUT2D eigenvalue weighted by molar-refractivity contribution is 5.94. The zero-order valence-electron chi connectivity index (χ0n) is 16.4. The summed E-state index contributed by atoms with van der Waals surface area (Å²) in [5.74, 6) is 0.337. The largest absolute Gasteiger partial charge is 0.399 e. The fourth-order valence-corrected chi connectivity index (χ4v) is 4.05. The lowest BCUT2D eigenvalue weighted by Gasteiger charge is -2.13. The van der Waals surface area contributed by atoms with Gasteiger partial charge < -0.3 is 21.1 Å². The van der Waals surface area contributed by atoms with Crippen molar-refractivity contribution in [2.75, 3.05) is 11.1 Å². The van der Waals surface area contributed by atoms with Crippen LogP contribution in [0.2, 0.25) is 0 Å². The molecule has 0 spiro atoms. The molecule has 0 saturated carbocycles. The molecule has 5 rings (SSSR count). The molecule has 1 aromatic heterocycles. The van der Waals surface area contributed by atoms with Gasteiger partial charge in [0.15, 0.2) is 0 Å². The van der Waals surface area contributed by atoms with Gasteiger partial charge >= 0.3 is 0 Å². The van der Waals surface area contributed by atoms with Crippen molar-refractivity contribution in [2.45, 2.75) is 32.1 Å². The summed E-state index contributed by atoms with van der Waals surface area (Å²) in [6.07, 6.45) is 1.68. The van der Waals surface area contributed by atoms with Crippen molar-refractivity contribution >= 4 is 35.5 Å². The van der Waals surface area contributed by atoms with Gasteiger partial charge in [-0.1, -0.05) is 30.3 Å². The lowest BCUT2D eigenvalue weighted by Crippen LogP contribution is -2.35. The van der Waals surface area contributed by atoms with E-state index in [0.29, 0.717) is 30.4 Å². The maximum Gasteiger partial charge on any atom is 0.270 e. The van der Waals surface area contributed by atoms with Crippen LogP contribution in [0.3, 0.4) is 0 Å². The summed E-state index contributed by atoms with van der Waals surface area (Å²) in [5.41, 5.74) is 12.7. The molecule has 1 aliphatic carbocycles. The minimum Gasteiger partial charge on any atom is -0.399 e. The van der Waals surface area contributed by atoms with Crippen molar-refractivity contribution in [3.8, 4) is 0 Å². The van der Waals surface area contributed by atoms with Crippen LogP contribution in [0, 0.1) is 0 Å². The Balaban J connectivity index is 0.00000218. The van der Waals surface area contributed by atoms with Crippen molar-refractivity contribution in [3.05, 3.63) is 82.5 Å². The quantitative estimate of drug-likeness (QED) is 0.595. The number of ether oxygens (including phenoxy) is 1. The Morgan fingerprint density at radius 3 is 2.47 bits per heavy atom. The number of anilines is 3. The summed E-state index contributed by atoms with van der Waals surface area (Å²) in [6, 6.07) is 17.8. The number of amides is 1. The van der Waals surface area contributed by atoms with Gasteiger partial charge in [0, 0.05) is 23.5 Å². The van der Waals surface area contributed by atoms with E-state index in [0.717, 1.165) is 24.1 Å². The second-order valence-electron chi connectivity index (χ2n) is 7.62. The number of hydrogen-bond donors (Lipinski definition) is 3. The van der Waals surface area contributed by atoms with E-state index in [4.69, 9.17) is 10.5 Å². The maximum atomic E-state index is 12.8. The summed E-state index contributed by atoms with van der Waals surface area (Å²) < 4.78 is 5.46. The molecule has 3 aromatic rings. The van der Waals surface area contributed by atoms with Gasteiger partial charge in [0.1, 0.15) is 11.5 Å². The molecule has 1 amide bonds. The van der Waals surface area contributed by atoms with Crippen LogP contribution in [0.25, 0.3) is 0 Å². The predicted octanol–water partition coefficient (Wildman–Crippen LogP) is 3.76. The molecule has 30 heavy (non-hydrogen) atoms. The fraction of sp³-hybridized carbons (Fsp3) is 0.217. The van der Waals surface area contributed by atoms with Crippen LogP contribution in [0.5, 0.6) is 0 Å². The summed E-state index contributed by atoms with van der Waals surface area (Å²) in [5, 5.41) is 6.34. The first-order valence-corrected chi connectivity index (χ1v) is 9.76. The summed E-state index contributed by atoms with van der Waals surface area (Å²) in [4.78, 5) is 17.3. The lowest BCUT2D eigenvalue weighted by atomic mass is 10.1. The van der Waals surface area contributed by atoms with E-state index >= 15 is 0 Å². The molecule has 0 unspecified atom stereocenters. The number of fused-ring (bicyclic) bond motifs is 2. The first-order valence-electron chi connectivity index (χ1n) is 9.76. The van der Waals surface area contributed by atoms with E-state index in [1.165, 1.54) is 16.7 Å². The van der Waals surface area contributed by atoms with Crippen LogP contribution in [0.4, 0.5) is 17.2 Å². The minimum atomic E-state index is -0.208. The van der Waals surface area contributed by atoms with Crippen molar-refractivity contribution < 1.29 is 9.53 Å². The standard InChI is InChI=1S/C23H22N4O2.ClH/c24-18-10-21(23(28)26-20-7-14-3-1-2-4-15(14)8-20)27-22(11-18)25-19-6-5-16-12-29-13-17(16)9-19;/h1-6,9-11,20H,7-8,12-13H2,(H,26,28)(H3,24,25,27);1H. The molecule has 154 valence electrons. The van der Waals surface area contributed by atoms with Gasteiger partial charge in [-0.15, -0.1) is 12.4 Å². The number of hydrogen-bond acceptors (Lipinski definition) is 5. The third kappa shape index (κ3) is 4.10. The molecule has 2 aliphatic rings. The molecule has 2 heterocycles. The predicted molar refractivity (Wildman–Crippen MR) is 119 cm³/mol. The number of pyridine rings is 1. The molecule has 0 bridgehead atoms. The number of rotatable bonds is 4. The Bertz CT molecular complexity index is 1080. The molecule has 0 saturated heterocycles. The number of nitrogen functional groups attached to an aromatic ring is 1. The van der Waals surface area contributed by atoms with Crippen molar-refractivity contribution in [1.29, 1.82) is 0 Å². The minimum absolute atomic E-state index is 0. The second-order valence-corrected chi connectivity index (χ2v) is 7.62. The van der Waals surface area contributed by atoms with Crippen molar-refractivity contribution in [1.82, 2.24) is 10.3 Å².